The van der Waals surface area contributed by atoms with E-state index < -0.39 is 4.96 Å². The van der Waals surface area contributed by atoms with Crippen LogP contribution in [0.4, 0.5) is 0 Å². The Morgan fingerprint density at radius 1 is 1.08 bits per heavy atom. The molecule has 0 aliphatic carbocycles. The van der Waals surface area contributed by atoms with Crippen LogP contribution in [-0.4, -0.2) is 15.0 Å². The zero-order chi connectivity index (χ0) is 8.55. The normalized spacial score (nSPS) is 11.2. The maximum atomic E-state index is 5.58. The van der Waals surface area contributed by atoms with E-state index in [9.17, 15) is 0 Å². The first-order chi connectivity index (χ1) is 5.77. The average Bonchev–Trinajstić information content (AvgIpc) is 2.46. The standard InChI is InChI=1S/C7H5Cl2N3/c8-7(9)12-10-5-3-1-2-4-6(5)11-12/h1-4,7H. The average molecular weight is 202 g/mol. The summed E-state index contributed by atoms with van der Waals surface area (Å²) in [5.41, 5.74) is 1.59. The van der Waals surface area contributed by atoms with Crippen LogP contribution < -0.4 is 0 Å². The molecule has 0 amide bonds. The first-order valence-corrected chi connectivity index (χ1v) is 4.24. The number of hydrogen-bond donors (Lipinski definition) is 0. The Kier molecular flexibility index (Phi) is 1.90. The Balaban J connectivity index is 2.62. The lowest BCUT2D eigenvalue weighted by Crippen LogP contribution is -1.99. The van der Waals surface area contributed by atoms with Gasteiger partial charge in [-0.2, -0.15) is 10.2 Å². The van der Waals surface area contributed by atoms with Gasteiger partial charge in [0.15, 0.2) is 0 Å². The van der Waals surface area contributed by atoms with E-state index in [-0.39, 0.29) is 0 Å². The SMILES string of the molecule is ClC(Cl)n1nc2ccccc2n1. The highest BCUT2D eigenvalue weighted by molar-refractivity contribution is 6.41. The van der Waals surface area contributed by atoms with Crippen molar-refractivity contribution >= 4 is 34.2 Å². The summed E-state index contributed by atoms with van der Waals surface area (Å²) in [7, 11) is 0. The molecule has 0 atom stereocenters. The summed E-state index contributed by atoms with van der Waals surface area (Å²) in [6, 6.07) is 7.49. The molecule has 0 fully saturated rings. The van der Waals surface area contributed by atoms with E-state index in [1.807, 2.05) is 24.3 Å². The first-order valence-electron chi connectivity index (χ1n) is 3.37. The summed E-state index contributed by atoms with van der Waals surface area (Å²) in [6.07, 6.45) is 0. The van der Waals surface area contributed by atoms with Crippen molar-refractivity contribution < 1.29 is 0 Å². The van der Waals surface area contributed by atoms with Gasteiger partial charge in [0.2, 0.25) is 4.96 Å². The van der Waals surface area contributed by atoms with Crippen LogP contribution in [0.5, 0.6) is 0 Å². The van der Waals surface area contributed by atoms with Crippen LogP contribution in [0.3, 0.4) is 0 Å². The second-order valence-electron chi connectivity index (χ2n) is 2.29. The molecule has 5 heteroatoms. The van der Waals surface area contributed by atoms with Crippen LogP contribution in [0.25, 0.3) is 11.0 Å². The minimum atomic E-state index is -0.725. The molecule has 2 aromatic rings. The summed E-state index contributed by atoms with van der Waals surface area (Å²) in [5, 5.41) is 8.11. The molecule has 2 rings (SSSR count). The molecule has 12 heavy (non-hydrogen) atoms. The number of fused-ring (bicyclic) bond motifs is 1. The lowest BCUT2D eigenvalue weighted by atomic mass is 10.3. The monoisotopic (exact) mass is 201 g/mol. The molecular formula is C7H5Cl2N3. The fourth-order valence-electron chi connectivity index (χ4n) is 0.964. The van der Waals surface area contributed by atoms with Gasteiger partial charge in [0.05, 0.1) is 0 Å². The molecule has 62 valence electrons. The van der Waals surface area contributed by atoms with Gasteiger partial charge in [-0.3, -0.25) is 0 Å². The zero-order valence-corrected chi connectivity index (χ0v) is 7.50. The lowest BCUT2D eigenvalue weighted by molar-refractivity contribution is 0.628. The number of aromatic nitrogens is 3. The van der Waals surface area contributed by atoms with Crippen molar-refractivity contribution in [3.63, 3.8) is 0 Å². The first kappa shape index (κ1) is 7.83. The van der Waals surface area contributed by atoms with Crippen molar-refractivity contribution in [2.75, 3.05) is 0 Å². The third-order valence-electron chi connectivity index (χ3n) is 1.48. The van der Waals surface area contributed by atoms with E-state index in [4.69, 9.17) is 23.2 Å². The summed E-state index contributed by atoms with van der Waals surface area (Å²) in [4.78, 5) is 0.547. The molecule has 0 unspecified atom stereocenters. The molecule has 0 saturated carbocycles. The van der Waals surface area contributed by atoms with E-state index >= 15 is 0 Å². The zero-order valence-electron chi connectivity index (χ0n) is 5.98. The van der Waals surface area contributed by atoms with Crippen molar-refractivity contribution in [1.29, 1.82) is 0 Å². The fraction of sp³-hybridized carbons (Fsp3) is 0.143. The van der Waals surface area contributed by atoms with E-state index in [1.165, 1.54) is 4.80 Å². The molecule has 1 aromatic carbocycles. The van der Waals surface area contributed by atoms with Crippen LogP contribution in [0.1, 0.15) is 4.96 Å². The molecule has 1 heterocycles. The summed E-state index contributed by atoms with van der Waals surface area (Å²) in [6.45, 7) is 0. The molecule has 0 aliphatic rings. The number of halogens is 2. The molecule has 0 saturated heterocycles. The number of nitrogens with zero attached hydrogens (tertiary/aromatic N) is 3. The van der Waals surface area contributed by atoms with Crippen molar-refractivity contribution in [2.24, 2.45) is 0 Å². The van der Waals surface area contributed by atoms with Crippen LogP contribution in [0, 0.1) is 0 Å². The van der Waals surface area contributed by atoms with Crippen LogP contribution in [0.2, 0.25) is 0 Å². The van der Waals surface area contributed by atoms with E-state index in [0.29, 0.717) is 0 Å². The Bertz CT molecular complexity index is 363. The number of rotatable bonds is 1. The highest BCUT2D eigenvalue weighted by atomic mass is 35.5. The second-order valence-corrected chi connectivity index (χ2v) is 3.34. The molecule has 0 N–H and O–H groups in total. The van der Waals surface area contributed by atoms with Crippen molar-refractivity contribution in [3.8, 4) is 0 Å². The van der Waals surface area contributed by atoms with Gasteiger partial charge in [0.1, 0.15) is 11.0 Å². The van der Waals surface area contributed by atoms with Gasteiger partial charge < -0.3 is 0 Å². The molecule has 0 radical (unpaired) electrons. The van der Waals surface area contributed by atoms with Crippen LogP contribution in [-0.2, 0) is 0 Å². The quantitative estimate of drug-likeness (QED) is 0.664. The highest BCUT2D eigenvalue weighted by Crippen LogP contribution is 2.16. The summed E-state index contributed by atoms with van der Waals surface area (Å²) >= 11 is 11.2. The van der Waals surface area contributed by atoms with Gasteiger partial charge in [-0.15, -0.1) is 4.80 Å². The predicted molar refractivity (Wildman–Crippen MR) is 48.3 cm³/mol. The fourth-order valence-corrected chi connectivity index (χ4v) is 1.14. The molecule has 0 aliphatic heterocycles. The van der Waals surface area contributed by atoms with Gasteiger partial charge >= 0.3 is 0 Å². The van der Waals surface area contributed by atoms with E-state index in [1.54, 1.807) is 0 Å². The van der Waals surface area contributed by atoms with Gasteiger partial charge in [0.25, 0.3) is 0 Å². The van der Waals surface area contributed by atoms with E-state index in [0.717, 1.165) is 11.0 Å². The van der Waals surface area contributed by atoms with Gasteiger partial charge in [0, 0.05) is 0 Å². The number of benzene rings is 1. The van der Waals surface area contributed by atoms with Gasteiger partial charge in [-0.1, -0.05) is 35.3 Å². The Hall–Kier alpha value is -0.800. The van der Waals surface area contributed by atoms with Crippen molar-refractivity contribution in [2.45, 2.75) is 4.96 Å². The molecule has 0 spiro atoms. The largest absolute Gasteiger partial charge is 0.218 e. The van der Waals surface area contributed by atoms with E-state index in [2.05, 4.69) is 10.2 Å². The minimum absolute atomic E-state index is 0.725. The maximum absolute atomic E-state index is 5.58. The Labute approximate surface area is 78.9 Å². The smallest absolute Gasteiger partial charge is 0.151 e. The highest BCUT2D eigenvalue weighted by Gasteiger charge is 2.06. The third-order valence-corrected chi connectivity index (χ3v) is 1.83. The number of hydrogen-bond acceptors (Lipinski definition) is 2. The summed E-state index contributed by atoms with van der Waals surface area (Å²) in [5.74, 6) is 0. The second kappa shape index (κ2) is 2.92. The molecule has 3 nitrogen and oxygen atoms in total. The maximum Gasteiger partial charge on any atom is 0.218 e. The van der Waals surface area contributed by atoms with Crippen LogP contribution in [0.15, 0.2) is 24.3 Å². The van der Waals surface area contributed by atoms with Gasteiger partial charge in [-0.05, 0) is 12.1 Å². The molecule has 1 aromatic heterocycles. The Morgan fingerprint density at radius 2 is 1.58 bits per heavy atom. The summed E-state index contributed by atoms with van der Waals surface area (Å²) < 4.78 is 0. The Morgan fingerprint density at radius 3 is 2.00 bits per heavy atom. The van der Waals surface area contributed by atoms with Gasteiger partial charge in [-0.25, -0.2) is 0 Å². The lowest BCUT2D eigenvalue weighted by Gasteiger charge is -1.94. The van der Waals surface area contributed by atoms with Crippen molar-refractivity contribution in [1.82, 2.24) is 15.0 Å². The van der Waals surface area contributed by atoms with Crippen molar-refractivity contribution in [3.05, 3.63) is 24.3 Å². The topological polar surface area (TPSA) is 30.7 Å². The molecular weight excluding hydrogens is 197 g/mol. The third kappa shape index (κ3) is 1.26. The number of alkyl halides is 2. The minimum Gasteiger partial charge on any atom is -0.151 e. The van der Waals surface area contributed by atoms with Crippen LogP contribution >= 0.6 is 23.2 Å². The predicted octanol–water partition coefficient (Wildman–Crippen LogP) is 2.37. The molecule has 0 bridgehead atoms.